The van der Waals surface area contributed by atoms with Gasteiger partial charge < -0.3 is 10.5 Å². The Balaban J connectivity index is 2.69. The topological polar surface area (TPSA) is 84.1 Å². The highest BCUT2D eigenvalue weighted by molar-refractivity contribution is 7.99. The van der Waals surface area contributed by atoms with Gasteiger partial charge in [-0.2, -0.15) is 0 Å². The van der Waals surface area contributed by atoms with Crippen molar-refractivity contribution in [2.75, 3.05) is 17.8 Å². The van der Waals surface area contributed by atoms with E-state index in [9.17, 15) is 0 Å². The van der Waals surface area contributed by atoms with Crippen LogP contribution < -0.4 is 11.3 Å². The predicted molar refractivity (Wildman–Crippen MR) is 66.3 cm³/mol. The molecule has 0 aromatic carbocycles. The first kappa shape index (κ1) is 13.2. The summed E-state index contributed by atoms with van der Waals surface area (Å²) in [5.41, 5.74) is 2.54. The van der Waals surface area contributed by atoms with E-state index in [1.165, 1.54) is 0 Å². The maximum absolute atomic E-state index is 8.71. The maximum atomic E-state index is 8.71. The Kier molecular flexibility index (Phi) is 6.14. The first-order valence-corrected chi connectivity index (χ1v) is 6.37. The first-order valence-electron chi connectivity index (χ1n) is 5.38. The average Bonchev–Trinajstić information content (AvgIpc) is 2.29. The Hall–Kier alpha value is -0.850. The fourth-order valence-electron chi connectivity index (χ4n) is 1.20. The lowest BCUT2D eigenvalue weighted by atomic mass is 10.3. The first-order chi connectivity index (χ1) is 7.80. The summed E-state index contributed by atoms with van der Waals surface area (Å²) in [4.78, 5) is 8.68. The van der Waals surface area contributed by atoms with E-state index in [-0.39, 0.29) is 6.61 Å². The summed E-state index contributed by atoms with van der Waals surface area (Å²) in [5.74, 6) is 7.65. The summed E-state index contributed by atoms with van der Waals surface area (Å²) in [6.45, 7) is 2.30. The van der Waals surface area contributed by atoms with Crippen LogP contribution in [0.25, 0.3) is 0 Å². The Morgan fingerprint density at radius 3 is 2.94 bits per heavy atom. The van der Waals surface area contributed by atoms with Crippen molar-refractivity contribution in [3.63, 3.8) is 0 Å². The van der Waals surface area contributed by atoms with Gasteiger partial charge in [0.25, 0.3) is 0 Å². The molecule has 0 saturated heterocycles. The number of nitrogens with zero attached hydrogens (tertiary/aromatic N) is 2. The standard InChI is InChI=1S/C10H18N4OS/c1-2-4-8-12-9(14-11)7-10(13-8)16-6-3-5-15/h7,15H,2-6,11H2,1H3,(H,12,13,14). The smallest absolute Gasteiger partial charge is 0.144 e. The molecule has 5 nitrogen and oxygen atoms in total. The molecule has 1 heterocycles. The number of aliphatic hydroxyl groups excluding tert-OH is 1. The molecule has 6 heteroatoms. The third-order valence-electron chi connectivity index (χ3n) is 1.92. The van der Waals surface area contributed by atoms with Gasteiger partial charge in [-0.05, 0) is 12.8 Å². The van der Waals surface area contributed by atoms with Gasteiger partial charge in [0.15, 0.2) is 0 Å². The molecular formula is C10H18N4OS. The van der Waals surface area contributed by atoms with Crippen molar-refractivity contribution in [3.8, 4) is 0 Å². The van der Waals surface area contributed by atoms with Gasteiger partial charge in [-0.3, -0.25) is 0 Å². The lowest BCUT2D eigenvalue weighted by molar-refractivity contribution is 0.296. The summed E-state index contributed by atoms with van der Waals surface area (Å²) in [5, 5.41) is 9.61. The number of thioether (sulfide) groups is 1. The van der Waals surface area contributed by atoms with Crippen molar-refractivity contribution in [1.29, 1.82) is 0 Å². The summed E-state index contributed by atoms with van der Waals surface area (Å²) >= 11 is 1.61. The molecule has 1 aromatic rings. The van der Waals surface area contributed by atoms with Gasteiger partial charge >= 0.3 is 0 Å². The van der Waals surface area contributed by atoms with Gasteiger partial charge in [0.1, 0.15) is 16.7 Å². The van der Waals surface area contributed by atoms with Crippen LogP contribution in [0.3, 0.4) is 0 Å². The molecule has 0 unspecified atom stereocenters. The van der Waals surface area contributed by atoms with Gasteiger partial charge in [0.2, 0.25) is 0 Å². The molecule has 0 bridgehead atoms. The highest BCUT2D eigenvalue weighted by atomic mass is 32.2. The Labute approximate surface area is 99.8 Å². The van der Waals surface area contributed by atoms with Crippen molar-refractivity contribution >= 4 is 17.6 Å². The molecule has 0 aliphatic rings. The van der Waals surface area contributed by atoms with Crippen LogP contribution >= 0.6 is 11.8 Å². The molecule has 1 rings (SSSR count). The van der Waals surface area contributed by atoms with E-state index in [1.807, 2.05) is 6.07 Å². The third-order valence-corrected chi connectivity index (χ3v) is 2.92. The molecule has 1 aromatic heterocycles. The molecule has 0 atom stereocenters. The van der Waals surface area contributed by atoms with Crippen molar-refractivity contribution in [2.24, 2.45) is 5.84 Å². The molecule has 0 aliphatic carbocycles. The minimum atomic E-state index is 0.210. The Bertz CT molecular complexity index is 322. The number of rotatable bonds is 7. The number of aliphatic hydroxyl groups is 1. The van der Waals surface area contributed by atoms with Crippen molar-refractivity contribution < 1.29 is 5.11 Å². The number of hydrazine groups is 1. The molecule has 0 amide bonds. The van der Waals surface area contributed by atoms with Crippen LogP contribution in [0.4, 0.5) is 5.82 Å². The van der Waals surface area contributed by atoms with E-state index in [0.717, 1.165) is 35.9 Å². The summed E-state index contributed by atoms with van der Waals surface area (Å²) in [7, 11) is 0. The molecule has 4 N–H and O–H groups in total. The number of nitrogens with two attached hydrogens (primary N) is 1. The van der Waals surface area contributed by atoms with Gasteiger partial charge in [-0.15, -0.1) is 11.8 Å². The fraction of sp³-hybridized carbons (Fsp3) is 0.600. The van der Waals surface area contributed by atoms with Crippen molar-refractivity contribution in [1.82, 2.24) is 9.97 Å². The number of hydrogen-bond donors (Lipinski definition) is 3. The molecule has 0 fully saturated rings. The van der Waals surface area contributed by atoms with E-state index in [1.54, 1.807) is 11.8 Å². The second kappa shape index (κ2) is 7.43. The molecule has 0 spiro atoms. The minimum absolute atomic E-state index is 0.210. The molecular weight excluding hydrogens is 224 g/mol. The zero-order valence-electron chi connectivity index (χ0n) is 9.44. The minimum Gasteiger partial charge on any atom is -0.396 e. The van der Waals surface area contributed by atoms with Gasteiger partial charge in [0.05, 0.1) is 0 Å². The number of nitrogen functional groups attached to an aromatic ring is 1. The summed E-state index contributed by atoms with van der Waals surface area (Å²) < 4.78 is 0. The van der Waals surface area contributed by atoms with Gasteiger partial charge in [-0.1, -0.05) is 6.92 Å². The van der Waals surface area contributed by atoms with Crippen LogP contribution in [0.2, 0.25) is 0 Å². The van der Waals surface area contributed by atoms with E-state index in [4.69, 9.17) is 10.9 Å². The van der Waals surface area contributed by atoms with Crippen LogP contribution in [0, 0.1) is 0 Å². The molecule has 0 aliphatic heterocycles. The maximum Gasteiger partial charge on any atom is 0.144 e. The quantitative estimate of drug-likeness (QED) is 0.219. The van der Waals surface area contributed by atoms with E-state index in [2.05, 4.69) is 22.3 Å². The van der Waals surface area contributed by atoms with Crippen molar-refractivity contribution in [2.45, 2.75) is 31.2 Å². The Morgan fingerprint density at radius 1 is 1.50 bits per heavy atom. The van der Waals surface area contributed by atoms with Gasteiger partial charge in [0, 0.05) is 24.8 Å². The van der Waals surface area contributed by atoms with Gasteiger partial charge in [-0.25, -0.2) is 15.8 Å². The van der Waals surface area contributed by atoms with E-state index >= 15 is 0 Å². The second-order valence-corrected chi connectivity index (χ2v) is 4.44. The summed E-state index contributed by atoms with van der Waals surface area (Å²) in [6, 6.07) is 1.82. The average molecular weight is 242 g/mol. The molecule has 16 heavy (non-hydrogen) atoms. The van der Waals surface area contributed by atoms with Crippen LogP contribution in [0.1, 0.15) is 25.6 Å². The highest BCUT2D eigenvalue weighted by Crippen LogP contribution is 2.19. The highest BCUT2D eigenvalue weighted by Gasteiger charge is 2.03. The lowest BCUT2D eigenvalue weighted by Gasteiger charge is -2.06. The SMILES string of the molecule is CCCc1nc(NN)cc(SCCCO)n1. The fourth-order valence-corrected chi connectivity index (χ4v) is 2.04. The van der Waals surface area contributed by atoms with Crippen LogP contribution in [-0.4, -0.2) is 27.4 Å². The summed E-state index contributed by atoms with van der Waals surface area (Å²) in [6.07, 6.45) is 2.63. The third kappa shape index (κ3) is 4.34. The van der Waals surface area contributed by atoms with Crippen LogP contribution in [-0.2, 0) is 6.42 Å². The predicted octanol–water partition coefficient (Wildman–Crippen LogP) is 1.19. The normalized spacial score (nSPS) is 10.4. The monoisotopic (exact) mass is 242 g/mol. The van der Waals surface area contributed by atoms with Crippen molar-refractivity contribution in [3.05, 3.63) is 11.9 Å². The lowest BCUT2D eigenvalue weighted by Crippen LogP contribution is -2.10. The molecule has 0 saturated carbocycles. The zero-order chi connectivity index (χ0) is 11.8. The van der Waals surface area contributed by atoms with E-state index < -0.39 is 0 Å². The van der Waals surface area contributed by atoms with Crippen LogP contribution in [0.15, 0.2) is 11.1 Å². The van der Waals surface area contributed by atoms with E-state index in [0.29, 0.717) is 5.82 Å². The van der Waals surface area contributed by atoms with Crippen LogP contribution in [0.5, 0.6) is 0 Å². The Morgan fingerprint density at radius 2 is 2.31 bits per heavy atom. The second-order valence-electron chi connectivity index (χ2n) is 3.33. The largest absolute Gasteiger partial charge is 0.396 e. The number of aryl methyl sites for hydroxylation is 1. The number of nitrogens with one attached hydrogen (secondary N) is 1. The number of anilines is 1. The molecule has 0 radical (unpaired) electrons. The zero-order valence-corrected chi connectivity index (χ0v) is 10.3. The number of hydrogen-bond acceptors (Lipinski definition) is 6. The molecule has 90 valence electrons. The number of aromatic nitrogens is 2.